The van der Waals surface area contributed by atoms with Gasteiger partial charge in [0, 0.05) is 11.6 Å². The van der Waals surface area contributed by atoms with E-state index in [2.05, 4.69) is 6.92 Å². The average Bonchev–Trinajstić information content (AvgIpc) is 2.59. The van der Waals surface area contributed by atoms with Crippen molar-refractivity contribution in [1.29, 1.82) is 0 Å². The number of aliphatic hydroxyl groups is 1. The van der Waals surface area contributed by atoms with Gasteiger partial charge in [0.05, 0.1) is 12.7 Å². The Hall–Kier alpha value is -1.09. The second-order valence-electron chi connectivity index (χ2n) is 4.73. The molecule has 0 aromatic heterocycles. The molecule has 1 aliphatic rings. The fourth-order valence-corrected chi connectivity index (χ4v) is 2.51. The van der Waals surface area contributed by atoms with Crippen LogP contribution in [-0.2, 0) is 5.60 Å². The van der Waals surface area contributed by atoms with Gasteiger partial charge < -0.3 is 9.84 Å². The van der Waals surface area contributed by atoms with Crippen molar-refractivity contribution in [2.24, 2.45) is 5.92 Å². The predicted octanol–water partition coefficient (Wildman–Crippen LogP) is 2.84. The summed E-state index contributed by atoms with van der Waals surface area (Å²) in [7, 11) is 1.50. The largest absolute Gasteiger partial charge is 0.497 e. The second kappa shape index (κ2) is 4.06. The summed E-state index contributed by atoms with van der Waals surface area (Å²) in [5.74, 6) is 0.554. The topological polar surface area (TPSA) is 29.5 Å². The first-order valence-electron chi connectivity index (χ1n) is 5.61. The van der Waals surface area contributed by atoms with Crippen LogP contribution in [0.4, 0.5) is 4.39 Å². The maximum absolute atomic E-state index is 13.8. The summed E-state index contributed by atoms with van der Waals surface area (Å²) in [5, 5.41) is 10.4. The fourth-order valence-electron chi connectivity index (χ4n) is 2.51. The van der Waals surface area contributed by atoms with Gasteiger partial charge in [0.1, 0.15) is 11.6 Å². The molecule has 0 radical (unpaired) electrons. The lowest BCUT2D eigenvalue weighted by Crippen LogP contribution is -2.23. The molecule has 16 heavy (non-hydrogen) atoms. The van der Waals surface area contributed by atoms with E-state index in [0.717, 1.165) is 6.42 Å². The number of ether oxygens (including phenoxy) is 1. The Morgan fingerprint density at radius 1 is 1.50 bits per heavy atom. The average molecular weight is 224 g/mol. The quantitative estimate of drug-likeness (QED) is 0.837. The zero-order valence-electron chi connectivity index (χ0n) is 9.66. The molecule has 3 heteroatoms. The molecule has 2 nitrogen and oxygen atoms in total. The molecule has 0 amide bonds. The Labute approximate surface area is 95.1 Å². The van der Waals surface area contributed by atoms with Crippen molar-refractivity contribution < 1.29 is 14.2 Å². The smallest absolute Gasteiger partial charge is 0.132 e. The van der Waals surface area contributed by atoms with Crippen LogP contribution in [0, 0.1) is 11.7 Å². The molecule has 1 aromatic rings. The van der Waals surface area contributed by atoms with E-state index in [4.69, 9.17) is 4.74 Å². The zero-order chi connectivity index (χ0) is 11.8. The second-order valence-corrected chi connectivity index (χ2v) is 4.73. The van der Waals surface area contributed by atoms with Gasteiger partial charge >= 0.3 is 0 Å². The molecule has 1 aliphatic carbocycles. The molecule has 1 saturated carbocycles. The third-order valence-corrected chi connectivity index (χ3v) is 3.41. The lowest BCUT2D eigenvalue weighted by atomic mass is 9.91. The molecule has 2 unspecified atom stereocenters. The van der Waals surface area contributed by atoms with Crippen LogP contribution < -0.4 is 4.74 Å². The highest BCUT2D eigenvalue weighted by Gasteiger charge is 2.38. The van der Waals surface area contributed by atoms with Crippen LogP contribution in [0.5, 0.6) is 5.75 Å². The van der Waals surface area contributed by atoms with Gasteiger partial charge in [-0.3, -0.25) is 0 Å². The van der Waals surface area contributed by atoms with E-state index in [1.54, 1.807) is 12.1 Å². The van der Waals surface area contributed by atoms with E-state index in [1.165, 1.54) is 13.2 Å². The summed E-state index contributed by atoms with van der Waals surface area (Å²) in [6.07, 6.45) is 2.22. The summed E-state index contributed by atoms with van der Waals surface area (Å²) in [4.78, 5) is 0. The first kappa shape index (κ1) is 11.4. The maximum Gasteiger partial charge on any atom is 0.132 e. The Balaban J connectivity index is 2.33. The molecule has 0 saturated heterocycles. The Morgan fingerprint density at radius 3 is 2.75 bits per heavy atom. The molecule has 2 atom stereocenters. The van der Waals surface area contributed by atoms with Gasteiger partial charge in [-0.1, -0.05) is 6.92 Å². The van der Waals surface area contributed by atoms with Crippen LogP contribution in [0.2, 0.25) is 0 Å². The third kappa shape index (κ3) is 1.92. The fraction of sp³-hybridized carbons (Fsp3) is 0.538. The number of methoxy groups -OCH3 is 1. The van der Waals surface area contributed by atoms with E-state index < -0.39 is 5.60 Å². The van der Waals surface area contributed by atoms with E-state index in [0.29, 0.717) is 30.1 Å². The summed E-state index contributed by atoms with van der Waals surface area (Å²) in [6, 6.07) is 4.65. The van der Waals surface area contributed by atoms with Crippen LogP contribution in [0.1, 0.15) is 31.7 Å². The van der Waals surface area contributed by atoms with Gasteiger partial charge in [-0.05, 0) is 37.3 Å². The SMILES string of the molecule is COc1ccc(C2(O)CCC(C)C2)c(F)c1. The van der Waals surface area contributed by atoms with Crippen molar-refractivity contribution in [3.8, 4) is 5.75 Å². The molecule has 0 heterocycles. The van der Waals surface area contributed by atoms with Crippen molar-refractivity contribution >= 4 is 0 Å². The highest BCUT2D eigenvalue weighted by Crippen LogP contribution is 2.43. The summed E-state index contributed by atoms with van der Waals surface area (Å²) >= 11 is 0. The first-order chi connectivity index (χ1) is 7.55. The lowest BCUT2D eigenvalue weighted by molar-refractivity contribution is 0.0371. The maximum atomic E-state index is 13.8. The molecule has 2 rings (SSSR count). The lowest BCUT2D eigenvalue weighted by Gasteiger charge is -2.23. The van der Waals surface area contributed by atoms with E-state index in [9.17, 15) is 9.50 Å². The van der Waals surface area contributed by atoms with Crippen molar-refractivity contribution in [3.63, 3.8) is 0 Å². The van der Waals surface area contributed by atoms with Crippen molar-refractivity contribution in [2.45, 2.75) is 31.8 Å². The Morgan fingerprint density at radius 2 is 2.25 bits per heavy atom. The Bertz CT molecular complexity index is 392. The zero-order valence-corrected chi connectivity index (χ0v) is 9.66. The standard InChI is InChI=1S/C13H17FO2/c1-9-5-6-13(15,8-9)11-4-3-10(16-2)7-12(11)14/h3-4,7,9,15H,5-6,8H2,1-2H3. The summed E-state index contributed by atoms with van der Waals surface area (Å²) < 4.78 is 18.8. The van der Waals surface area contributed by atoms with Crippen molar-refractivity contribution in [1.82, 2.24) is 0 Å². The van der Waals surface area contributed by atoms with Gasteiger partial charge in [0.15, 0.2) is 0 Å². The van der Waals surface area contributed by atoms with Crippen molar-refractivity contribution in [3.05, 3.63) is 29.6 Å². The molecular formula is C13H17FO2. The molecule has 1 N–H and O–H groups in total. The van der Waals surface area contributed by atoms with Crippen LogP contribution in [0.3, 0.4) is 0 Å². The number of benzene rings is 1. The van der Waals surface area contributed by atoms with Gasteiger partial charge in [0.2, 0.25) is 0 Å². The van der Waals surface area contributed by atoms with E-state index >= 15 is 0 Å². The van der Waals surface area contributed by atoms with E-state index in [-0.39, 0.29) is 5.82 Å². The van der Waals surface area contributed by atoms with Crippen molar-refractivity contribution in [2.75, 3.05) is 7.11 Å². The molecule has 1 aromatic carbocycles. The minimum atomic E-state index is -0.990. The monoisotopic (exact) mass is 224 g/mol. The molecular weight excluding hydrogens is 207 g/mol. The number of hydrogen-bond acceptors (Lipinski definition) is 2. The molecule has 0 bridgehead atoms. The molecule has 0 spiro atoms. The van der Waals surface area contributed by atoms with Gasteiger partial charge in [0.25, 0.3) is 0 Å². The normalized spacial score (nSPS) is 29.4. The highest BCUT2D eigenvalue weighted by molar-refractivity contribution is 5.33. The third-order valence-electron chi connectivity index (χ3n) is 3.41. The summed E-state index contributed by atoms with van der Waals surface area (Å²) in [5.41, 5.74) is -0.590. The summed E-state index contributed by atoms with van der Waals surface area (Å²) in [6.45, 7) is 2.08. The van der Waals surface area contributed by atoms with E-state index in [1.807, 2.05) is 0 Å². The number of rotatable bonds is 2. The number of hydrogen-bond donors (Lipinski definition) is 1. The molecule has 88 valence electrons. The Kier molecular flexibility index (Phi) is 2.89. The minimum Gasteiger partial charge on any atom is -0.497 e. The van der Waals surface area contributed by atoms with Crippen LogP contribution in [-0.4, -0.2) is 12.2 Å². The number of halogens is 1. The van der Waals surface area contributed by atoms with Gasteiger partial charge in [-0.15, -0.1) is 0 Å². The molecule has 1 fully saturated rings. The van der Waals surface area contributed by atoms with Gasteiger partial charge in [-0.25, -0.2) is 4.39 Å². The molecule has 0 aliphatic heterocycles. The highest BCUT2D eigenvalue weighted by atomic mass is 19.1. The van der Waals surface area contributed by atoms with Crippen LogP contribution in [0.25, 0.3) is 0 Å². The first-order valence-corrected chi connectivity index (χ1v) is 5.61. The van der Waals surface area contributed by atoms with Crippen LogP contribution >= 0.6 is 0 Å². The van der Waals surface area contributed by atoms with Crippen LogP contribution in [0.15, 0.2) is 18.2 Å². The minimum absolute atomic E-state index is 0.379. The predicted molar refractivity (Wildman–Crippen MR) is 59.9 cm³/mol. The van der Waals surface area contributed by atoms with Gasteiger partial charge in [-0.2, -0.15) is 0 Å².